The van der Waals surface area contributed by atoms with Crippen molar-refractivity contribution in [3.8, 4) is 23.1 Å². The van der Waals surface area contributed by atoms with Gasteiger partial charge in [0.25, 0.3) is 5.91 Å². The average molecular weight is 355 g/mol. The van der Waals surface area contributed by atoms with Crippen LogP contribution in [0.4, 0.5) is 0 Å². The second-order valence-electron chi connectivity index (χ2n) is 6.39. The summed E-state index contributed by atoms with van der Waals surface area (Å²) in [5, 5.41) is 8.78. The molecular formula is C22H17N3O2. The molecule has 0 N–H and O–H groups in total. The summed E-state index contributed by atoms with van der Waals surface area (Å²) in [5.41, 5.74) is 3.38. The minimum atomic E-state index is -0.0713. The predicted octanol–water partition coefficient (Wildman–Crippen LogP) is 3.52. The first-order chi connectivity index (χ1) is 13.2. The fraction of sp³-hybridized carbons (Fsp3) is 0.136. The zero-order valence-electron chi connectivity index (χ0n) is 14.6. The topological polar surface area (TPSA) is 66.2 Å². The monoisotopic (exact) mass is 355 g/mol. The van der Waals surface area contributed by atoms with Gasteiger partial charge < -0.3 is 9.64 Å². The average Bonchev–Trinajstić information content (AvgIpc) is 2.71. The van der Waals surface area contributed by atoms with E-state index >= 15 is 0 Å². The van der Waals surface area contributed by atoms with Crippen molar-refractivity contribution >= 4 is 5.91 Å². The Bertz CT molecular complexity index is 971. The molecule has 0 aliphatic carbocycles. The van der Waals surface area contributed by atoms with Crippen LogP contribution in [0.2, 0.25) is 0 Å². The molecule has 2 aromatic carbocycles. The molecule has 1 amide bonds. The van der Waals surface area contributed by atoms with Crippen molar-refractivity contribution in [1.29, 1.82) is 5.26 Å². The summed E-state index contributed by atoms with van der Waals surface area (Å²) in [6, 6.07) is 23.1. The van der Waals surface area contributed by atoms with Gasteiger partial charge in [0.1, 0.15) is 12.2 Å². The molecule has 4 rings (SSSR count). The van der Waals surface area contributed by atoms with Gasteiger partial charge in [0.2, 0.25) is 5.88 Å². The highest BCUT2D eigenvalue weighted by atomic mass is 16.5. The number of amides is 1. The predicted molar refractivity (Wildman–Crippen MR) is 101 cm³/mol. The molecule has 1 fully saturated rings. The first kappa shape index (κ1) is 16.8. The van der Waals surface area contributed by atoms with Gasteiger partial charge >= 0.3 is 0 Å². The molecule has 0 atom stereocenters. The van der Waals surface area contributed by atoms with Crippen LogP contribution in [0.3, 0.4) is 0 Å². The van der Waals surface area contributed by atoms with Crippen molar-refractivity contribution in [2.75, 3.05) is 13.1 Å². The van der Waals surface area contributed by atoms with Gasteiger partial charge in [0, 0.05) is 17.8 Å². The molecule has 0 bridgehead atoms. The molecule has 1 aromatic heterocycles. The Morgan fingerprint density at radius 1 is 1.00 bits per heavy atom. The van der Waals surface area contributed by atoms with Gasteiger partial charge in [-0.05, 0) is 29.3 Å². The molecule has 0 spiro atoms. The molecule has 3 aromatic rings. The third kappa shape index (κ3) is 3.65. The Balaban J connectivity index is 1.34. The van der Waals surface area contributed by atoms with Crippen molar-refractivity contribution in [3.05, 3.63) is 84.1 Å². The second-order valence-corrected chi connectivity index (χ2v) is 6.39. The second kappa shape index (κ2) is 7.30. The van der Waals surface area contributed by atoms with E-state index in [1.54, 1.807) is 17.0 Å². The number of hydrogen-bond donors (Lipinski definition) is 0. The maximum Gasteiger partial charge on any atom is 0.254 e. The van der Waals surface area contributed by atoms with Gasteiger partial charge in [-0.15, -0.1) is 0 Å². The zero-order chi connectivity index (χ0) is 18.6. The van der Waals surface area contributed by atoms with Crippen molar-refractivity contribution < 1.29 is 9.53 Å². The van der Waals surface area contributed by atoms with E-state index in [0.29, 0.717) is 30.1 Å². The first-order valence-electron chi connectivity index (χ1n) is 8.70. The van der Waals surface area contributed by atoms with Crippen LogP contribution in [0, 0.1) is 11.3 Å². The molecule has 1 saturated heterocycles. The third-order valence-corrected chi connectivity index (χ3v) is 4.53. The number of nitrogens with zero attached hydrogens (tertiary/aromatic N) is 3. The number of nitriles is 1. The maximum absolute atomic E-state index is 12.6. The van der Waals surface area contributed by atoms with Crippen LogP contribution in [0.1, 0.15) is 15.9 Å². The van der Waals surface area contributed by atoms with E-state index in [-0.39, 0.29) is 12.0 Å². The van der Waals surface area contributed by atoms with E-state index in [9.17, 15) is 4.79 Å². The number of hydrogen-bond acceptors (Lipinski definition) is 4. The normalized spacial score (nSPS) is 13.5. The van der Waals surface area contributed by atoms with Crippen molar-refractivity contribution in [2.24, 2.45) is 0 Å². The van der Waals surface area contributed by atoms with Crippen LogP contribution < -0.4 is 4.74 Å². The number of likely N-dealkylation sites (tertiary alicyclic amines) is 1. The van der Waals surface area contributed by atoms with Crippen LogP contribution in [-0.2, 0) is 0 Å². The van der Waals surface area contributed by atoms with E-state index in [4.69, 9.17) is 10.00 Å². The number of carbonyl (C=O) groups excluding carboxylic acids is 1. The van der Waals surface area contributed by atoms with E-state index in [1.165, 1.54) is 6.20 Å². The quantitative estimate of drug-likeness (QED) is 0.718. The molecule has 27 heavy (non-hydrogen) atoms. The molecule has 5 heteroatoms. The number of benzene rings is 2. The van der Waals surface area contributed by atoms with E-state index in [1.807, 2.05) is 60.7 Å². The largest absolute Gasteiger partial charge is 0.471 e. The summed E-state index contributed by atoms with van der Waals surface area (Å²) in [5.74, 6) is 0.473. The highest BCUT2D eigenvalue weighted by molar-refractivity contribution is 5.95. The number of rotatable bonds is 4. The summed E-state index contributed by atoms with van der Waals surface area (Å²) in [6.45, 7) is 1.06. The lowest BCUT2D eigenvalue weighted by Gasteiger charge is -2.38. The lowest BCUT2D eigenvalue weighted by Crippen LogP contribution is -2.56. The summed E-state index contributed by atoms with van der Waals surface area (Å²) in [6.07, 6.45) is 1.41. The highest BCUT2D eigenvalue weighted by Crippen LogP contribution is 2.22. The van der Waals surface area contributed by atoms with Gasteiger partial charge in [-0.2, -0.15) is 5.26 Å². The van der Waals surface area contributed by atoms with Crippen LogP contribution in [0.15, 0.2) is 72.9 Å². The van der Waals surface area contributed by atoms with Crippen molar-refractivity contribution in [1.82, 2.24) is 9.88 Å². The minimum absolute atomic E-state index is 0.00208. The van der Waals surface area contributed by atoms with Crippen LogP contribution in [0.5, 0.6) is 5.88 Å². The SMILES string of the molecule is N#Cc1ccc(OC2CN(C(=O)c3ccc(-c4ccccc4)cc3)C2)nc1. The number of ether oxygens (including phenoxy) is 1. The smallest absolute Gasteiger partial charge is 0.254 e. The summed E-state index contributed by atoms with van der Waals surface area (Å²) in [7, 11) is 0. The lowest BCUT2D eigenvalue weighted by atomic mass is 10.0. The van der Waals surface area contributed by atoms with Crippen LogP contribution in [0.25, 0.3) is 11.1 Å². The zero-order valence-corrected chi connectivity index (χ0v) is 14.6. The fourth-order valence-electron chi connectivity index (χ4n) is 2.98. The third-order valence-electron chi connectivity index (χ3n) is 4.53. The molecule has 0 radical (unpaired) electrons. The first-order valence-corrected chi connectivity index (χ1v) is 8.70. The molecule has 1 aliphatic rings. The standard InChI is InChI=1S/C22H17N3O2/c23-12-16-6-11-21(24-13-16)27-20-14-25(15-20)22(26)19-9-7-18(8-10-19)17-4-2-1-3-5-17/h1-11,13,20H,14-15H2. The van der Waals surface area contributed by atoms with Crippen molar-refractivity contribution in [3.63, 3.8) is 0 Å². The number of carbonyl (C=O) groups is 1. The van der Waals surface area contributed by atoms with Crippen LogP contribution in [-0.4, -0.2) is 35.0 Å². The van der Waals surface area contributed by atoms with Gasteiger partial charge in [0.05, 0.1) is 18.7 Å². The Kier molecular flexibility index (Phi) is 4.54. The van der Waals surface area contributed by atoms with E-state index in [2.05, 4.69) is 4.98 Å². The number of aromatic nitrogens is 1. The van der Waals surface area contributed by atoms with Gasteiger partial charge in [-0.25, -0.2) is 4.98 Å². The molecule has 5 nitrogen and oxygen atoms in total. The Hall–Kier alpha value is -3.65. The summed E-state index contributed by atoms with van der Waals surface area (Å²) in [4.78, 5) is 18.4. The maximum atomic E-state index is 12.6. The number of pyridine rings is 1. The summed E-state index contributed by atoms with van der Waals surface area (Å²) >= 11 is 0. The van der Waals surface area contributed by atoms with Gasteiger partial charge in [-0.3, -0.25) is 4.79 Å². The van der Waals surface area contributed by atoms with E-state index < -0.39 is 0 Å². The van der Waals surface area contributed by atoms with Crippen molar-refractivity contribution in [2.45, 2.75) is 6.10 Å². The van der Waals surface area contributed by atoms with Gasteiger partial charge in [0.15, 0.2) is 0 Å². The highest BCUT2D eigenvalue weighted by Gasteiger charge is 2.33. The van der Waals surface area contributed by atoms with Crippen LogP contribution >= 0.6 is 0 Å². The van der Waals surface area contributed by atoms with E-state index in [0.717, 1.165) is 11.1 Å². The molecule has 132 valence electrons. The molecule has 2 heterocycles. The Morgan fingerprint density at radius 2 is 1.70 bits per heavy atom. The molecule has 0 saturated carbocycles. The molecule has 0 unspecified atom stereocenters. The van der Waals surface area contributed by atoms with Gasteiger partial charge in [-0.1, -0.05) is 42.5 Å². The Morgan fingerprint density at radius 3 is 2.33 bits per heavy atom. The molecular weight excluding hydrogens is 338 g/mol. The lowest BCUT2D eigenvalue weighted by molar-refractivity contribution is 0.0160. The minimum Gasteiger partial charge on any atom is -0.471 e. The summed E-state index contributed by atoms with van der Waals surface area (Å²) < 4.78 is 5.73. The fourth-order valence-corrected chi connectivity index (χ4v) is 2.98. The molecule has 1 aliphatic heterocycles. The Labute approximate surface area is 157 Å².